The molecule has 0 bridgehead atoms. The maximum absolute atomic E-state index is 13.5. The van der Waals surface area contributed by atoms with Crippen LogP contribution in [0.25, 0.3) is 6.08 Å². The van der Waals surface area contributed by atoms with E-state index >= 15 is 0 Å². The molecule has 11 heteroatoms. The van der Waals surface area contributed by atoms with Gasteiger partial charge in [-0.15, -0.1) is 0 Å². The van der Waals surface area contributed by atoms with Gasteiger partial charge < -0.3 is 9.47 Å². The summed E-state index contributed by atoms with van der Waals surface area (Å²) >= 11 is 7.24. The molecule has 1 aliphatic rings. The van der Waals surface area contributed by atoms with Crippen LogP contribution in [0.5, 0.6) is 0 Å². The number of nitro groups is 1. The molecule has 1 aliphatic heterocycles. The molecule has 0 spiro atoms. The number of non-ortho nitro benzene ring substituents is 1. The summed E-state index contributed by atoms with van der Waals surface area (Å²) in [5, 5.41) is 11.4. The van der Waals surface area contributed by atoms with E-state index in [9.17, 15) is 19.7 Å². The van der Waals surface area contributed by atoms with E-state index in [1.807, 2.05) is 0 Å². The van der Waals surface area contributed by atoms with E-state index in [2.05, 4.69) is 4.99 Å². The van der Waals surface area contributed by atoms with Crippen LogP contribution < -0.4 is 14.9 Å². The average molecular weight is 514 g/mol. The van der Waals surface area contributed by atoms with Gasteiger partial charge in [-0.05, 0) is 48.4 Å². The highest BCUT2D eigenvalue weighted by molar-refractivity contribution is 7.07. The van der Waals surface area contributed by atoms with Gasteiger partial charge in [0.1, 0.15) is 6.61 Å². The molecule has 0 N–H and O–H groups in total. The Hall–Kier alpha value is -3.60. The van der Waals surface area contributed by atoms with Crippen LogP contribution in [-0.4, -0.2) is 35.8 Å². The molecule has 0 saturated heterocycles. The number of halogens is 1. The first-order valence-electron chi connectivity index (χ1n) is 10.5. The number of rotatable bonds is 7. The van der Waals surface area contributed by atoms with Crippen LogP contribution in [0, 0.1) is 10.1 Å². The second-order valence-electron chi connectivity index (χ2n) is 7.61. The summed E-state index contributed by atoms with van der Waals surface area (Å²) in [5.41, 5.74) is 1.60. The van der Waals surface area contributed by atoms with Gasteiger partial charge in [-0.3, -0.25) is 19.5 Å². The Balaban J connectivity index is 1.85. The van der Waals surface area contributed by atoms with Crippen LogP contribution in [-0.2, 0) is 14.3 Å². The fraction of sp³-hybridized carbons (Fsp3) is 0.208. The zero-order valence-corrected chi connectivity index (χ0v) is 20.3. The Morgan fingerprint density at radius 3 is 2.51 bits per heavy atom. The van der Waals surface area contributed by atoms with Gasteiger partial charge in [0.25, 0.3) is 11.2 Å². The van der Waals surface area contributed by atoms with Gasteiger partial charge in [0.05, 0.1) is 33.4 Å². The molecule has 2 heterocycles. The molecule has 0 aliphatic carbocycles. The summed E-state index contributed by atoms with van der Waals surface area (Å²) in [6, 6.07) is 12.0. The molecule has 2 aromatic carbocycles. The first-order valence-corrected chi connectivity index (χ1v) is 11.7. The minimum Gasteiger partial charge on any atom is -0.460 e. The highest BCUT2D eigenvalue weighted by atomic mass is 35.5. The van der Waals surface area contributed by atoms with Gasteiger partial charge >= 0.3 is 5.97 Å². The van der Waals surface area contributed by atoms with Gasteiger partial charge in [-0.25, -0.2) is 9.79 Å². The lowest BCUT2D eigenvalue weighted by Crippen LogP contribution is -2.40. The number of allylic oxidation sites excluding steroid dienone is 1. The lowest BCUT2D eigenvalue weighted by atomic mass is 9.96. The third-order valence-corrected chi connectivity index (χ3v) is 6.58. The Morgan fingerprint density at radius 1 is 1.20 bits per heavy atom. The monoisotopic (exact) mass is 513 g/mol. The quantitative estimate of drug-likeness (QED) is 0.208. The predicted molar refractivity (Wildman–Crippen MR) is 131 cm³/mol. The van der Waals surface area contributed by atoms with E-state index in [0.717, 1.165) is 0 Å². The van der Waals surface area contributed by atoms with Crippen LogP contribution >= 0.6 is 22.9 Å². The molecular weight excluding hydrogens is 494 g/mol. The van der Waals surface area contributed by atoms with Crippen LogP contribution in [0.1, 0.15) is 24.1 Å². The molecule has 0 amide bonds. The number of hydrogen-bond acceptors (Lipinski definition) is 8. The number of fused-ring (bicyclic) bond motifs is 1. The smallest absolute Gasteiger partial charge is 0.338 e. The Morgan fingerprint density at radius 2 is 1.89 bits per heavy atom. The molecule has 9 nitrogen and oxygen atoms in total. The third-order valence-electron chi connectivity index (χ3n) is 5.35. The summed E-state index contributed by atoms with van der Waals surface area (Å²) in [5.74, 6) is -0.590. The number of esters is 1. The van der Waals surface area contributed by atoms with E-state index in [4.69, 9.17) is 21.1 Å². The van der Waals surface area contributed by atoms with Crippen molar-refractivity contribution in [1.82, 2.24) is 4.57 Å². The van der Waals surface area contributed by atoms with Crippen molar-refractivity contribution in [3.63, 3.8) is 0 Å². The molecule has 180 valence electrons. The largest absolute Gasteiger partial charge is 0.460 e. The first kappa shape index (κ1) is 24.5. The number of methoxy groups -OCH3 is 1. The summed E-state index contributed by atoms with van der Waals surface area (Å²) in [4.78, 5) is 42.0. The van der Waals surface area contributed by atoms with E-state index in [1.165, 1.54) is 35.1 Å². The number of hydrogen-bond donors (Lipinski definition) is 0. The third kappa shape index (κ3) is 5.09. The van der Waals surface area contributed by atoms with Crippen molar-refractivity contribution < 1.29 is 19.2 Å². The van der Waals surface area contributed by atoms with Crippen LogP contribution in [0.3, 0.4) is 0 Å². The minimum atomic E-state index is -0.766. The molecule has 1 aromatic heterocycles. The van der Waals surface area contributed by atoms with E-state index in [1.54, 1.807) is 49.4 Å². The molecule has 3 aromatic rings. The van der Waals surface area contributed by atoms with Gasteiger partial charge in [-0.2, -0.15) is 0 Å². The number of benzene rings is 2. The van der Waals surface area contributed by atoms with Crippen LogP contribution in [0.2, 0.25) is 5.02 Å². The van der Waals surface area contributed by atoms with Crippen LogP contribution in [0.15, 0.2) is 69.6 Å². The fourth-order valence-corrected chi connectivity index (χ4v) is 4.85. The standard InChI is InChI=1S/C24H20ClN3O6S/c1-14-20(23(30)34-12-11-33-2)21(16-5-7-17(25)8-6-16)27-22(29)19(35-24(27)26-14)13-15-3-9-18(10-4-15)28(31)32/h3-10,13,21H,11-12H2,1-2H3. The Labute approximate surface area is 208 Å². The van der Waals surface area contributed by atoms with Crippen molar-refractivity contribution in [2.75, 3.05) is 20.3 Å². The average Bonchev–Trinajstić information content (AvgIpc) is 3.13. The molecular formula is C24H20ClN3O6S. The zero-order valence-electron chi connectivity index (χ0n) is 18.8. The Kier molecular flexibility index (Phi) is 7.25. The SMILES string of the molecule is COCCOC(=O)C1=C(C)N=c2sc(=Cc3ccc([N+](=O)[O-])cc3)c(=O)n2C1c1ccc(Cl)cc1. The Bertz CT molecular complexity index is 1490. The number of nitrogens with zero attached hydrogens (tertiary/aromatic N) is 3. The normalized spacial score (nSPS) is 15.5. The molecule has 0 radical (unpaired) electrons. The van der Waals surface area contributed by atoms with E-state index in [0.29, 0.717) is 31.2 Å². The fourth-order valence-electron chi connectivity index (χ4n) is 3.68. The van der Waals surface area contributed by atoms with Crippen molar-refractivity contribution in [2.45, 2.75) is 13.0 Å². The highest BCUT2D eigenvalue weighted by Crippen LogP contribution is 2.31. The van der Waals surface area contributed by atoms with Crippen LogP contribution in [0.4, 0.5) is 5.69 Å². The van der Waals surface area contributed by atoms with Crippen molar-refractivity contribution in [3.05, 3.63) is 106 Å². The molecule has 0 fully saturated rings. The number of nitro benzene ring substituents is 1. The topological polar surface area (TPSA) is 113 Å². The van der Waals surface area contributed by atoms with Gasteiger partial charge in [-0.1, -0.05) is 35.1 Å². The van der Waals surface area contributed by atoms with Gasteiger partial charge in [0.2, 0.25) is 0 Å². The summed E-state index contributed by atoms with van der Waals surface area (Å²) in [6.45, 7) is 1.99. The number of carbonyl (C=O) groups is 1. The first-order chi connectivity index (χ1) is 16.8. The molecule has 1 unspecified atom stereocenters. The van der Waals surface area contributed by atoms with E-state index in [-0.39, 0.29) is 30.0 Å². The van der Waals surface area contributed by atoms with Crippen molar-refractivity contribution in [2.24, 2.45) is 4.99 Å². The molecule has 4 rings (SSSR count). The number of thiazole rings is 1. The number of ether oxygens (including phenoxy) is 2. The van der Waals surface area contributed by atoms with Gasteiger partial charge in [0, 0.05) is 24.3 Å². The van der Waals surface area contributed by atoms with Crippen molar-refractivity contribution >= 4 is 40.7 Å². The molecule has 0 saturated carbocycles. The van der Waals surface area contributed by atoms with Crippen molar-refractivity contribution in [3.8, 4) is 0 Å². The highest BCUT2D eigenvalue weighted by Gasteiger charge is 2.33. The summed E-state index contributed by atoms with van der Waals surface area (Å²) in [6.07, 6.45) is 1.64. The lowest BCUT2D eigenvalue weighted by Gasteiger charge is -2.24. The number of carbonyl (C=O) groups excluding carboxylic acids is 1. The zero-order chi connectivity index (χ0) is 25.1. The molecule has 1 atom stereocenters. The van der Waals surface area contributed by atoms with Gasteiger partial charge in [0.15, 0.2) is 4.80 Å². The maximum Gasteiger partial charge on any atom is 0.338 e. The minimum absolute atomic E-state index is 0.0430. The van der Waals surface area contributed by atoms with Crippen molar-refractivity contribution in [1.29, 1.82) is 0 Å². The molecule has 35 heavy (non-hydrogen) atoms. The maximum atomic E-state index is 13.5. The summed E-state index contributed by atoms with van der Waals surface area (Å²) in [7, 11) is 1.50. The second-order valence-corrected chi connectivity index (χ2v) is 9.06. The lowest BCUT2D eigenvalue weighted by molar-refractivity contribution is -0.384. The predicted octanol–water partition coefficient (Wildman–Crippen LogP) is 2.99. The van der Waals surface area contributed by atoms with E-state index < -0.39 is 16.9 Å². The second kappa shape index (κ2) is 10.3. The number of aromatic nitrogens is 1. The summed E-state index contributed by atoms with van der Waals surface area (Å²) < 4.78 is 12.2.